The van der Waals surface area contributed by atoms with Crippen molar-refractivity contribution in [2.24, 2.45) is 17.6 Å². The highest BCUT2D eigenvalue weighted by molar-refractivity contribution is 4.78. The number of nitrogens with zero attached hydrogens (tertiary/aromatic N) is 1. The van der Waals surface area contributed by atoms with Gasteiger partial charge in [0.2, 0.25) is 0 Å². The standard InChI is InChI=1S/C16H34N2O/c1-3-4-5-6-7-8-16(17)18-11-9-15(10-12-18)14(2)13-19/h14-16,19H,3-13,17H2,1-2H3. The summed E-state index contributed by atoms with van der Waals surface area (Å²) in [6.45, 7) is 6.97. The predicted octanol–water partition coefficient (Wildman–Crippen LogP) is 2.97. The van der Waals surface area contributed by atoms with Gasteiger partial charge in [-0.15, -0.1) is 0 Å². The number of aliphatic hydroxyl groups is 1. The molecule has 0 spiro atoms. The summed E-state index contributed by atoms with van der Waals surface area (Å²) in [5.74, 6) is 1.14. The second kappa shape index (κ2) is 9.73. The van der Waals surface area contributed by atoms with Crippen LogP contribution in [0.15, 0.2) is 0 Å². The molecule has 0 radical (unpaired) electrons. The van der Waals surface area contributed by atoms with E-state index in [0.29, 0.717) is 18.4 Å². The minimum atomic E-state index is 0.256. The molecule has 2 atom stereocenters. The lowest BCUT2D eigenvalue weighted by Gasteiger charge is -2.37. The van der Waals surface area contributed by atoms with E-state index in [-0.39, 0.29) is 6.17 Å². The predicted molar refractivity (Wildman–Crippen MR) is 81.9 cm³/mol. The van der Waals surface area contributed by atoms with Crippen molar-refractivity contribution in [2.75, 3.05) is 19.7 Å². The minimum Gasteiger partial charge on any atom is -0.396 e. The fourth-order valence-corrected chi connectivity index (χ4v) is 3.11. The Hall–Kier alpha value is -0.120. The molecule has 1 rings (SSSR count). The molecule has 2 unspecified atom stereocenters. The Morgan fingerprint density at radius 1 is 1.16 bits per heavy atom. The number of aliphatic hydroxyl groups excluding tert-OH is 1. The van der Waals surface area contributed by atoms with E-state index in [0.717, 1.165) is 19.5 Å². The average Bonchev–Trinajstić information content (AvgIpc) is 2.46. The van der Waals surface area contributed by atoms with Crippen molar-refractivity contribution < 1.29 is 5.11 Å². The Bertz CT molecular complexity index is 215. The Morgan fingerprint density at radius 3 is 2.37 bits per heavy atom. The molecule has 1 aliphatic rings. The fourth-order valence-electron chi connectivity index (χ4n) is 3.11. The van der Waals surface area contributed by atoms with E-state index in [4.69, 9.17) is 5.73 Å². The summed E-state index contributed by atoms with van der Waals surface area (Å²) in [6, 6.07) is 0. The smallest absolute Gasteiger partial charge is 0.0571 e. The SMILES string of the molecule is CCCCCCCC(N)N1CCC(C(C)CO)CC1. The van der Waals surface area contributed by atoms with Crippen molar-refractivity contribution >= 4 is 0 Å². The highest BCUT2D eigenvalue weighted by Gasteiger charge is 2.25. The topological polar surface area (TPSA) is 49.5 Å². The van der Waals surface area contributed by atoms with Crippen molar-refractivity contribution in [1.29, 1.82) is 0 Å². The number of hydrogen-bond acceptors (Lipinski definition) is 3. The number of nitrogens with two attached hydrogens (primary N) is 1. The van der Waals surface area contributed by atoms with Crippen LogP contribution in [0.2, 0.25) is 0 Å². The molecule has 1 fully saturated rings. The lowest BCUT2D eigenvalue weighted by molar-refractivity contribution is 0.0870. The van der Waals surface area contributed by atoms with Crippen LogP contribution in [0.3, 0.4) is 0 Å². The van der Waals surface area contributed by atoms with Gasteiger partial charge in [-0.2, -0.15) is 0 Å². The number of likely N-dealkylation sites (tertiary alicyclic amines) is 1. The first kappa shape index (κ1) is 16.9. The molecule has 0 aromatic carbocycles. The third-order valence-corrected chi connectivity index (χ3v) is 4.74. The second-order valence-electron chi connectivity index (χ2n) is 6.30. The van der Waals surface area contributed by atoms with E-state index in [1.165, 1.54) is 44.9 Å². The first-order valence-corrected chi connectivity index (χ1v) is 8.29. The molecule has 0 amide bonds. The number of piperidine rings is 1. The highest BCUT2D eigenvalue weighted by atomic mass is 16.3. The van der Waals surface area contributed by atoms with Crippen molar-refractivity contribution in [1.82, 2.24) is 4.90 Å². The third kappa shape index (κ3) is 6.24. The molecule has 0 aromatic rings. The Balaban J connectivity index is 2.12. The molecule has 0 aliphatic carbocycles. The van der Waals surface area contributed by atoms with Crippen LogP contribution in [0.25, 0.3) is 0 Å². The molecule has 3 nitrogen and oxygen atoms in total. The van der Waals surface area contributed by atoms with Gasteiger partial charge in [-0.25, -0.2) is 0 Å². The van der Waals surface area contributed by atoms with E-state index in [9.17, 15) is 5.11 Å². The largest absolute Gasteiger partial charge is 0.396 e. The van der Waals surface area contributed by atoms with Gasteiger partial charge in [0.1, 0.15) is 0 Å². The van der Waals surface area contributed by atoms with E-state index in [1.54, 1.807) is 0 Å². The molecule has 19 heavy (non-hydrogen) atoms. The normalized spacial score (nSPS) is 21.5. The van der Waals surface area contributed by atoms with Crippen molar-refractivity contribution in [3.05, 3.63) is 0 Å². The van der Waals surface area contributed by atoms with Crippen LogP contribution < -0.4 is 5.73 Å². The van der Waals surface area contributed by atoms with Crippen molar-refractivity contribution in [3.63, 3.8) is 0 Å². The highest BCUT2D eigenvalue weighted by Crippen LogP contribution is 2.25. The van der Waals surface area contributed by atoms with Gasteiger partial charge < -0.3 is 10.8 Å². The molecule has 1 heterocycles. The molecule has 3 heteroatoms. The van der Waals surface area contributed by atoms with Crippen LogP contribution in [-0.2, 0) is 0 Å². The fraction of sp³-hybridized carbons (Fsp3) is 1.00. The van der Waals surface area contributed by atoms with Crippen LogP contribution in [0.5, 0.6) is 0 Å². The van der Waals surface area contributed by atoms with Gasteiger partial charge in [-0.1, -0.05) is 46.0 Å². The summed E-state index contributed by atoms with van der Waals surface area (Å²) in [5, 5.41) is 9.21. The monoisotopic (exact) mass is 270 g/mol. The molecule has 1 saturated heterocycles. The van der Waals surface area contributed by atoms with Crippen LogP contribution in [0, 0.1) is 11.8 Å². The number of unbranched alkanes of at least 4 members (excludes halogenated alkanes) is 4. The van der Waals surface area contributed by atoms with Gasteiger partial charge in [0, 0.05) is 6.61 Å². The summed E-state index contributed by atoms with van der Waals surface area (Å²) >= 11 is 0. The molecule has 0 saturated carbocycles. The average molecular weight is 270 g/mol. The maximum atomic E-state index is 9.21. The van der Waals surface area contributed by atoms with Crippen LogP contribution in [0.4, 0.5) is 0 Å². The lowest BCUT2D eigenvalue weighted by atomic mass is 9.85. The van der Waals surface area contributed by atoms with E-state index >= 15 is 0 Å². The van der Waals surface area contributed by atoms with Crippen molar-refractivity contribution in [2.45, 2.75) is 71.4 Å². The zero-order valence-corrected chi connectivity index (χ0v) is 13.0. The summed E-state index contributed by atoms with van der Waals surface area (Å²) < 4.78 is 0. The van der Waals surface area contributed by atoms with E-state index in [2.05, 4.69) is 18.7 Å². The summed E-state index contributed by atoms with van der Waals surface area (Å²) in [5.41, 5.74) is 6.29. The van der Waals surface area contributed by atoms with Gasteiger partial charge in [-0.05, 0) is 44.2 Å². The van der Waals surface area contributed by atoms with Crippen LogP contribution in [0.1, 0.15) is 65.2 Å². The van der Waals surface area contributed by atoms with Crippen LogP contribution >= 0.6 is 0 Å². The van der Waals surface area contributed by atoms with Gasteiger partial charge in [0.15, 0.2) is 0 Å². The lowest BCUT2D eigenvalue weighted by Crippen LogP contribution is -2.47. The molecular weight excluding hydrogens is 236 g/mol. The van der Waals surface area contributed by atoms with Gasteiger partial charge in [0.25, 0.3) is 0 Å². The maximum Gasteiger partial charge on any atom is 0.0571 e. The summed E-state index contributed by atoms with van der Waals surface area (Å²) in [6.07, 6.45) is 10.4. The molecule has 0 aromatic heterocycles. The Kier molecular flexibility index (Phi) is 8.67. The molecular formula is C16H34N2O. The quantitative estimate of drug-likeness (QED) is 0.633. The third-order valence-electron chi connectivity index (χ3n) is 4.74. The van der Waals surface area contributed by atoms with Gasteiger partial charge in [0.05, 0.1) is 6.17 Å². The summed E-state index contributed by atoms with van der Waals surface area (Å²) in [7, 11) is 0. The molecule has 0 bridgehead atoms. The van der Waals surface area contributed by atoms with E-state index < -0.39 is 0 Å². The molecule has 114 valence electrons. The Morgan fingerprint density at radius 2 is 1.79 bits per heavy atom. The van der Waals surface area contributed by atoms with Crippen LogP contribution in [-0.4, -0.2) is 35.9 Å². The zero-order valence-electron chi connectivity index (χ0n) is 13.0. The number of rotatable bonds is 9. The zero-order chi connectivity index (χ0) is 14.1. The molecule has 1 aliphatic heterocycles. The number of hydrogen-bond donors (Lipinski definition) is 2. The summed E-state index contributed by atoms with van der Waals surface area (Å²) in [4.78, 5) is 2.44. The van der Waals surface area contributed by atoms with Crippen molar-refractivity contribution in [3.8, 4) is 0 Å². The van der Waals surface area contributed by atoms with Gasteiger partial charge >= 0.3 is 0 Å². The second-order valence-corrected chi connectivity index (χ2v) is 6.30. The van der Waals surface area contributed by atoms with Gasteiger partial charge in [-0.3, -0.25) is 4.90 Å². The first-order chi connectivity index (χ1) is 9.19. The van der Waals surface area contributed by atoms with E-state index in [1.807, 2.05) is 0 Å². The molecule has 3 N–H and O–H groups in total. The minimum absolute atomic E-state index is 0.256. The first-order valence-electron chi connectivity index (χ1n) is 8.29. The maximum absolute atomic E-state index is 9.21. The Labute approximate surface area is 119 Å².